The molecule has 7 nitrogen and oxygen atoms in total. The Balaban J connectivity index is 0.000000880. The maximum Gasteiger partial charge on any atom is 0.305 e. The van der Waals surface area contributed by atoms with Crippen molar-refractivity contribution in [3.8, 4) is 0 Å². The lowest BCUT2D eigenvalue weighted by atomic mass is 10.1. The van der Waals surface area contributed by atoms with Gasteiger partial charge in [0.15, 0.2) is 5.82 Å². The lowest BCUT2D eigenvalue weighted by Crippen LogP contribution is -2.18. The summed E-state index contributed by atoms with van der Waals surface area (Å²) in [6, 6.07) is 7.38. The maximum absolute atomic E-state index is 11.3. The molecule has 0 saturated carbocycles. The Kier molecular flexibility index (Phi) is 4.85. The highest BCUT2D eigenvalue weighted by Crippen LogP contribution is 2.33. The molecule has 1 aliphatic rings. The van der Waals surface area contributed by atoms with E-state index in [0.717, 1.165) is 22.2 Å². The van der Waals surface area contributed by atoms with Crippen molar-refractivity contribution in [1.29, 1.82) is 0 Å². The van der Waals surface area contributed by atoms with E-state index in [1.807, 2.05) is 42.7 Å². The molecule has 0 amide bonds. The van der Waals surface area contributed by atoms with Crippen molar-refractivity contribution in [1.82, 2.24) is 14.5 Å². The van der Waals surface area contributed by atoms with Gasteiger partial charge in [-0.15, -0.1) is 0 Å². The number of hydrogen-bond acceptors (Lipinski definition) is 5. The fourth-order valence-electron chi connectivity index (χ4n) is 3.25. The molecule has 0 bridgehead atoms. The molecule has 0 aliphatic carbocycles. The fourth-order valence-corrected chi connectivity index (χ4v) is 3.25. The third kappa shape index (κ3) is 3.02. The Morgan fingerprint density at radius 2 is 2.12 bits per heavy atom. The molecule has 3 heterocycles. The molecule has 25 heavy (non-hydrogen) atoms. The van der Waals surface area contributed by atoms with Gasteiger partial charge in [0.05, 0.1) is 36.7 Å². The van der Waals surface area contributed by atoms with Crippen LogP contribution in [0.5, 0.6) is 0 Å². The lowest BCUT2D eigenvalue weighted by Gasteiger charge is -2.17. The molecular formula is C18H22N4O3. The van der Waals surface area contributed by atoms with Crippen molar-refractivity contribution in [3.05, 3.63) is 30.1 Å². The second-order valence-electron chi connectivity index (χ2n) is 5.69. The van der Waals surface area contributed by atoms with E-state index in [1.165, 1.54) is 0 Å². The average Bonchev–Trinajstić information content (AvgIpc) is 2.89. The molecule has 1 aromatic carbocycles. The minimum Gasteiger partial charge on any atom is -0.481 e. The highest BCUT2D eigenvalue weighted by molar-refractivity contribution is 6.06. The van der Waals surface area contributed by atoms with Crippen molar-refractivity contribution in [2.45, 2.75) is 32.7 Å². The fraction of sp³-hybridized carbons (Fsp3) is 0.389. The Labute approximate surface area is 145 Å². The standard InChI is InChI=1S/C16H16N4O3.C2H6/c17-16-14-15(10-3-1-2-4-11(10)18-16)20-9(7-13(21)22)8-23-6-5-12(20)19-14;1-2/h1-4,9H,5-8H2,(H2,17,18)(H,21,22);1-2H3/t9-;/m0./s1. The third-order valence-electron chi connectivity index (χ3n) is 4.18. The monoisotopic (exact) mass is 342 g/mol. The zero-order valence-electron chi connectivity index (χ0n) is 14.4. The molecular weight excluding hydrogens is 320 g/mol. The summed E-state index contributed by atoms with van der Waals surface area (Å²) in [4.78, 5) is 20.3. The molecule has 1 atom stereocenters. The number of nitrogen functional groups attached to an aromatic ring is 1. The first kappa shape index (κ1) is 17.2. The van der Waals surface area contributed by atoms with Crippen LogP contribution in [0.25, 0.3) is 21.9 Å². The molecule has 0 saturated heterocycles. The summed E-state index contributed by atoms with van der Waals surface area (Å²) in [7, 11) is 0. The largest absolute Gasteiger partial charge is 0.481 e. The van der Waals surface area contributed by atoms with Crippen molar-refractivity contribution in [2.24, 2.45) is 0 Å². The minimum atomic E-state index is -0.861. The highest BCUT2D eigenvalue weighted by atomic mass is 16.5. The number of carboxylic acids is 1. The molecule has 4 rings (SSSR count). The third-order valence-corrected chi connectivity index (χ3v) is 4.18. The van der Waals surface area contributed by atoms with Crippen LogP contribution in [0.3, 0.4) is 0 Å². The lowest BCUT2D eigenvalue weighted by molar-refractivity contribution is -0.138. The number of nitrogens with zero attached hydrogens (tertiary/aromatic N) is 3. The smallest absolute Gasteiger partial charge is 0.305 e. The van der Waals surface area contributed by atoms with E-state index in [-0.39, 0.29) is 12.5 Å². The quantitative estimate of drug-likeness (QED) is 0.742. The predicted octanol–water partition coefficient (Wildman–Crippen LogP) is 2.78. The van der Waals surface area contributed by atoms with Crippen LogP contribution in [0.2, 0.25) is 0 Å². The van der Waals surface area contributed by atoms with E-state index in [4.69, 9.17) is 10.5 Å². The van der Waals surface area contributed by atoms with Gasteiger partial charge >= 0.3 is 5.97 Å². The number of aliphatic carboxylic acids is 1. The van der Waals surface area contributed by atoms with E-state index in [9.17, 15) is 9.90 Å². The SMILES string of the molecule is CC.Nc1nc2ccccc2c2c1nc1n2[C@@H](CC(=O)O)COCC1. The zero-order valence-corrected chi connectivity index (χ0v) is 14.4. The molecule has 2 aromatic heterocycles. The molecule has 1 aliphatic heterocycles. The number of ether oxygens (including phenoxy) is 1. The molecule has 0 radical (unpaired) electrons. The normalized spacial score (nSPS) is 16.8. The Hall–Kier alpha value is -2.67. The van der Waals surface area contributed by atoms with Crippen LogP contribution < -0.4 is 5.73 Å². The van der Waals surface area contributed by atoms with Gasteiger partial charge in [-0.05, 0) is 6.07 Å². The van der Waals surface area contributed by atoms with E-state index < -0.39 is 5.97 Å². The molecule has 7 heteroatoms. The summed E-state index contributed by atoms with van der Waals surface area (Å²) >= 11 is 0. The minimum absolute atomic E-state index is 0.0188. The average molecular weight is 342 g/mol. The van der Waals surface area contributed by atoms with E-state index in [0.29, 0.717) is 31.0 Å². The summed E-state index contributed by atoms with van der Waals surface area (Å²) in [5.41, 5.74) is 8.35. The van der Waals surface area contributed by atoms with Gasteiger partial charge in [0, 0.05) is 11.8 Å². The Morgan fingerprint density at radius 1 is 1.36 bits per heavy atom. The van der Waals surface area contributed by atoms with Crippen LogP contribution in [0.1, 0.15) is 32.1 Å². The number of rotatable bonds is 2. The van der Waals surface area contributed by atoms with Crippen molar-refractivity contribution < 1.29 is 14.6 Å². The van der Waals surface area contributed by atoms with E-state index >= 15 is 0 Å². The van der Waals surface area contributed by atoms with E-state index in [1.54, 1.807) is 0 Å². The number of hydrogen-bond donors (Lipinski definition) is 2. The van der Waals surface area contributed by atoms with Crippen molar-refractivity contribution >= 4 is 33.7 Å². The number of para-hydroxylation sites is 1. The number of aromatic nitrogens is 3. The number of carbonyl (C=O) groups is 1. The van der Waals surface area contributed by atoms with Crippen LogP contribution in [0, 0.1) is 0 Å². The van der Waals surface area contributed by atoms with Crippen molar-refractivity contribution in [2.75, 3.05) is 18.9 Å². The van der Waals surface area contributed by atoms with Gasteiger partial charge < -0.3 is 20.1 Å². The molecule has 0 unspecified atom stereocenters. The topological polar surface area (TPSA) is 103 Å². The van der Waals surface area contributed by atoms with Crippen LogP contribution in [-0.2, 0) is 16.0 Å². The molecule has 3 aromatic rings. The Morgan fingerprint density at radius 3 is 2.88 bits per heavy atom. The molecule has 0 spiro atoms. The summed E-state index contributed by atoms with van der Waals surface area (Å²) in [5.74, 6) is 0.308. The van der Waals surface area contributed by atoms with Crippen LogP contribution >= 0.6 is 0 Å². The van der Waals surface area contributed by atoms with Gasteiger partial charge in [0.1, 0.15) is 11.3 Å². The van der Waals surface area contributed by atoms with Crippen molar-refractivity contribution in [3.63, 3.8) is 0 Å². The number of imidazole rings is 1. The number of anilines is 1. The highest BCUT2D eigenvalue weighted by Gasteiger charge is 2.26. The number of nitrogens with two attached hydrogens (primary N) is 1. The Bertz CT molecular complexity index is 919. The summed E-state index contributed by atoms with van der Waals surface area (Å²) in [6.45, 7) is 4.87. The van der Waals surface area contributed by atoms with Crippen LogP contribution in [-0.4, -0.2) is 38.8 Å². The molecule has 132 valence electrons. The van der Waals surface area contributed by atoms with Gasteiger partial charge in [-0.2, -0.15) is 0 Å². The second-order valence-corrected chi connectivity index (χ2v) is 5.69. The van der Waals surface area contributed by atoms with Gasteiger partial charge in [0.25, 0.3) is 0 Å². The summed E-state index contributed by atoms with van der Waals surface area (Å²) in [6.07, 6.45) is 0.605. The van der Waals surface area contributed by atoms with E-state index in [2.05, 4.69) is 9.97 Å². The predicted molar refractivity (Wildman–Crippen MR) is 96.6 cm³/mol. The molecule has 0 fully saturated rings. The van der Waals surface area contributed by atoms with Gasteiger partial charge in [-0.25, -0.2) is 9.97 Å². The first-order chi connectivity index (χ1) is 12.1. The number of pyridine rings is 1. The first-order valence-corrected chi connectivity index (χ1v) is 8.49. The van der Waals surface area contributed by atoms with Gasteiger partial charge in [-0.3, -0.25) is 4.79 Å². The van der Waals surface area contributed by atoms with Gasteiger partial charge in [-0.1, -0.05) is 32.0 Å². The molecule has 3 N–H and O–H groups in total. The zero-order chi connectivity index (χ0) is 18.0. The first-order valence-electron chi connectivity index (χ1n) is 8.49. The van der Waals surface area contributed by atoms with Gasteiger partial charge in [0.2, 0.25) is 0 Å². The summed E-state index contributed by atoms with van der Waals surface area (Å²) < 4.78 is 7.55. The van der Waals surface area contributed by atoms with Crippen LogP contribution in [0.4, 0.5) is 5.82 Å². The maximum atomic E-state index is 11.3. The summed E-state index contributed by atoms with van der Waals surface area (Å²) in [5, 5.41) is 10.2. The van der Waals surface area contributed by atoms with Crippen LogP contribution in [0.15, 0.2) is 24.3 Å². The number of carboxylic acid groups (broad SMARTS) is 1. The number of fused-ring (bicyclic) bond motifs is 5. The number of benzene rings is 1. The second kappa shape index (κ2) is 7.06.